The zero-order chi connectivity index (χ0) is 19.9. The minimum Gasteiger partial charge on any atom is -0.480 e. The number of aliphatic carboxylic acids is 4. The molecule has 0 saturated heterocycles. The van der Waals surface area contributed by atoms with Crippen molar-refractivity contribution in [2.75, 3.05) is 65.7 Å². The van der Waals surface area contributed by atoms with Crippen molar-refractivity contribution in [3.63, 3.8) is 0 Å². The van der Waals surface area contributed by atoms with Gasteiger partial charge in [0.1, 0.15) is 0 Å². The van der Waals surface area contributed by atoms with Crippen molar-refractivity contribution in [1.29, 1.82) is 0 Å². The molecule has 0 saturated carbocycles. The van der Waals surface area contributed by atoms with E-state index in [1.165, 1.54) is 9.80 Å². The van der Waals surface area contributed by atoms with E-state index in [0.29, 0.717) is 0 Å². The maximum Gasteiger partial charge on any atom is 1.00 e. The van der Waals surface area contributed by atoms with Gasteiger partial charge in [-0.1, -0.05) is 0 Å². The number of carbonyl (C=O) groups is 4. The summed E-state index contributed by atoms with van der Waals surface area (Å²) < 4.78 is 10.4. The summed E-state index contributed by atoms with van der Waals surface area (Å²) in [6.45, 7) is -0.790. The molecule has 150 valence electrons. The van der Waals surface area contributed by atoms with Gasteiger partial charge in [0.15, 0.2) is 0 Å². The molecular weight excluding hydrogens is 434 g/mol. The topological polar surface area (TPSA) is 174 Å². The molecule has 0 aliphatic rings. The molecule has 0 rings (SSSR count). The molecule has 4 N–H and O–H groups in total. The minimum atomic E-state index is -1.14. The molecule has 12 nitrogen and oxygen atoms in total. The fraction of sp³-hybridized carbons (Fsp3) is 0.714. The van der Waals surface area contributed by atoms with Crippen LogP contribution in [0.2, 0.25) is 0 Å². The Kier molecular flexibility index (Phi) is 25.5. The summed E-state index contributed by atoms with van der Waals surface area (Å²) in [7, 11) is 0. The van der Waals surface area contributed by atoms with Crippen LogP contribution in [0, 0.1) is 0 Å². The maximum atomic E-state index is 10.6. The molecule has 0 unspecified atom stereocenters. The van der Waals surface area contributed by atoms with Gasteiger partial charge in [0, 0.05) is 13.1 Å². The first-order valence-corrected chi connectivity index (χ1v) is 7.68. The van der Waals surface area contributed by atoms with Crippen LogP contribution in [0.3, 0.4) is 0 Å². The normalized spacial score (nSPS) is 10.2. The van der Waals surface area contributed by atoms with Crippen LogP contribution in [-0.2, 0) is 28.7 Å². The van der Waals surface area contributed by atoms with E-state index in [9.17, 15) is 19.2 Å². The standard InChI is InChI=1S/C14H24N2O10.2K/c17-11(18)7-15(8-12(19)20)1-3-25-5-6-26-4-2-16(9-13(21)22)10-14(23)24;;/h1-10H2,(H,17,18)(H,19,20)(H,21,22)(H,23,24);;/q;2*+1. The number of carboxylic acid groups (broad SMARTS) is 4. The molecule has 14 heteroatoms. The van der Waals surface area contributed by atoms with Gasteiger partial charge in [0.05, 0.1) is 52.6 Å². The summed E-state index contributed by atoms with van der Waals surface area (Å²) in [5.74, 6) is -4.55. The smallest absolute Gasteiger partial charge is 0.480 e. The molecule has 0 amide bonds. The Bertz CT molecular complexity index is 407. The van der Waals surface area contributed by atoms with Crippen LogP contribution >= 0.6 is 0 Å². The van der Waals surface area contributed by atoms with Crippen molar-refractivity contribution in [2.24, 2.45) is 0 Å². The van der Waals surface area contributed by atoms with E-state index in [2.05, 4.69) is 0 Å². The molecule has 0 spiro atoms. The van der Waals surface area contributed by atoms with Gasteiger partial charge >= 0.3 is 127 Å². The molecular formula is C14H24K2N2O10+2. The summed E-state index contributed by atoms with van der Waals surface area (Å²) in [4.78, 5) is 44.9. The Morgan fingerprint density at radius 2 is 0.786 bits per heavy atom. The van der Waals surface area contributed by atoms with Crippen LogP contribution in [-0.4, -0.2) is 120 Å². The molecule has 0 radical (unpaired) electrons. The minimum absolute atomic E-state index is 0. The van der Waals surface area contributed by atoms with E-state index in [4.69, 9.17) is 29.9 Å². The van der Waals surface area contributed by atoms with Crippen LogP contribution < -0.4 is 103 Å². The first kappa shape index (κ1) is 33.6. The molecule has 0 bridgehead atoms. The number of rotatable bonds is 17. The monoisotopic (exact) mass is 458 g/mol. The van der Waals surface area contributed by atoms with Crippen molar-refractivity contribution in [1.82, 2.24) is 9.80 Å². The van der Waals surface area contributed by atoms with Gasteiger partial charge in [-0.15, -0.1) is 0 Å². The fourth-order valence-electron chi connectivity index (χ4n) is 1.90. The number of nitrogens with zero attached hydrogens (tertiary/aromatic N) is 2. The average molecular weight is 459 g/mol. The number of carboxylic acids is 4. The first-order valence-electron chi connectivity index (χ1n) is 7.68. The summed E-state index contributed by atoms with van der Waals surface area (Å²) in [5, 5.41) is 34.7. The summed E-state index contributed by atoms with van der Waals surface area (Å²) in [5.41, 5.74) is 0. The summed E-state index contributed by atoms with van der Waals surface area (Å²) in [6, 6.07) is 0. The third kappa shape index (κ3) is 23.3. The van der Waals surface area contributed by atoms with Gasteiger partial charge in [-0.2, -0.15) is 0 Å². The van der Waals surface area contributed by atoms with E-state index in [-0.39, 0.29) is 142 Å². The van der Waals surface area contributed by atoms with Gasteiger partial charge in [0.25, 0.3) is 0 Å². The largest absolute Gasteiger partial charge is 1.00 e. The van der Waals surface area contributed by atoms with E-state index in [0.717, 1.165) is 0 Å². The number of hydrogen-bond donors (Lipinski definition) is 4. The second-order valence-electron chi connectivity index (χ2n) is 5.22. The molecule has 0 heterocycles. The predicted molar refractivity (Wildman–Crippen MR) is 85.1 cm³/mol. The second-order valence-corrected chi connectivity index (χ2v) is 5.22. The quantitative estimate of drug-likeness (QED) is 0.120. The van der Waals surface area contributed by atoms with E-state index < -0.39 is 50.1 Å². The van der Waals surface area contributed by atoms with E-state index >= 15 is 0 Å². The van der Waals surface area contributed by atoms with Crippen LogP contribution in [0.5, 0.6) is 0 Å². The number of hydrogen-bond acceptors (Lipinski definition) is 8. The summed E-state index contributed by atoms with van der Waals surface area (Å²) >= 11 is 0. The zero-order valence-corrected chi connectivity index (χ0v) is 22.5. The van der Waals surface area contributed by atoms with Gasteiger partial charge < -0.3 is 29.9 Å². The van der Waals surface area contributed by atoms with E-state index in [1.54, 1.807) is 0 Å². The van der Waals surface area contributed by atoms with Crippen LogP contribution in [0.4, 0.5) is 0 Å². The fourth-order valence-corrected chi connectivity index (χ4v) is 1.90. The Morgan fingerprint density at radius 3 is 1.00 bits per heavy atom. The summed E-state index contributed by atoms with van der Waals surface area (Å²) in [6.07, 6.45) is 0. The Balaban J connectivity index is -0.00000312. The predicted octanol–water partition coefficient (Wildman–Crippen LogP) is -8.03. The molecule has 0 aromatic rings. The molecule has 0 aromatic heterocycles. The van der Waals surface area contributed by atoms with Crippen molar-refractivity contribution in [3.05, 3.63) is 0 Å². The zero-order valence-electron chi connectivity index (χ0n) is 16.2. The molecule has 0 aliphatic heterocycles. The van der Waals surface area contributed by atoms with Gasteiger partial charge in [0.2, 0.25) is 0 Å². The molecule has 28 heavy (non-hydrogen) atoms. The Hall–Kier alpha value is 0.993. The van der Waals surface area contributed by atoms with Crippen LogP contribution in [0.15, 0.2) is 0 Å². The average Bonchev–Trinajstić information content (AvgIpc) is 2.47. The van der Waals surface area contributed by atoms with Gasteiger partial charge in [-0.3, -0.25) is 29.0 Å². The Labute approximate surface area is 247 Å². The SMILES string of the molecule is O=C(O)CN(CCOCCOCCN(CC(=O)O)CC(=O)O)CC(=O)O.[K+].[K+]. The molecule has 0 fully saturated rings. The molecule has 0 atom stereocenters. The van der Waals surface area contributed by atoms with Crippen LogP contribution in [0.1, 0.15) is 0 Å². The molecule has 0 aliphatic carbocycles. The Morgan fingerprint density at radius 1 is 0.536 bits per heavy atom. The first-order chi connectivity index (χ1) is 12.2. The third-order valence-electron chi connectivity index (χ3n) is 2.91. The van der Waals surface area contributed by atoms with Gasteiger partial charge in [-0.25, -0.2) is 0 Å². The second kappa shape index (κ2) is 21.2. The maximum absolute atomic E-state index is 10.6. The van der Waals surface area contributed by atoms with Crippen molar-refractivity contribution in [2.45, 2.75) is 0 Å². The number of ether oxygens (including phenoxy) is 2. The van der Waals surface area contributed by atoms with Crippen LogP contribution in [0.25, 0.3) is 0 Å². The van der Waals surface area contributed by atoms with Gasteiger partial charge in [-0.05, 0) is 0 Å². The molecule has 0 aromatic carbocycles. The van der Waals surface area contributed by atoms with Crippen molar-refractivity contribution in [3.8, 4) is 0 Å². The van der Waals surface area contributed by atoms with E-state index in [1.807, 2.05) is 0 Å². The van der Waals surface area contributed by atoms with Crippen molar-refractivity contribution < 1.29 is 152 Å². The third-order valence-corrected chi connectivity index (χ3v) is 2.91. The van der Waals surface area contributed by atoms with Crippen molar-refractivity contribution >= 4 is 23.9 Å².